The Hall–Kier alpha value is -3.17. The topological polar surface area (TPSA) is 134 Å². The van der Waals surface area contributed by atoms with Gasteiger partial charge in [-0.3, -0.25) is 19.2 Å². The van der Waals surface area contributed by atoms with Gasteiger partial charge in [0.25, 0.3) is 5.91 Å². The Labute approximate surface area is 232 Å². The number of hydrogen-bond acceptors (Lipinski definition) is 6. The average molecular weight is 547 g/mol. The second-order valence-corrected chi connectivity index (χ2v) is 13.1. The van der Waals surface area contributed by atoms with Crippen molar-refractivity contribution in [3.63, 3.8) is 0 Å². The Morgan fingerprint density at radius 3 is 2.15 bits per heavy atom. The molecule has 3 N–H and O–H groups in total. The molecule has 1 aliphatic carbocycles. The summed E-state index contributed by atoms with van der Waals surface area (Å²) in [6.45, 7) is 22.4. The van der Waals surface area contributed by atoms with Gasteiger partial charge in [-0.15, -0.1) is 13.2 Å². The van der Waals surface area contributed by atoms with Crippen LogP contribution >= 0.6 is 0 Å². The number of carbonyl (C=O) groups excluding carboxylic acids is 5. The van der Waals surface area contributed by atoms with Crippen LogP contribution in [0.25, 0.3) is 0 Å². The molecule has 10 heteroatoms. The van der Waals surface area contributed by atoms with E-state index in [9.17, 15) is 24.0 Å². The number of ketones is 1. The van der Waals surface area contributed by atoms with E-state index in [0.29, 0.717) is 13.0 Å². The Kier molecular flexibility index (Phi) is 9.79. The van der Waals surface area contributed by atoms with Gasteiger partial charge in [-0.05, 0) is 56.3 Å². The zero-order valence-electron chi connectivity index (χ0n) is 24.7. The molecule has 0 bridgehead atoms. The highest BCUT2D eigenvalue weighted by atomic mass is 16.6. The Morgan fingerprint density at radius 1 is 1.03 bits per heavy atom. The fourth-order valence-electron chi connectivity index (χ4n) is 5.27. The van der Waals surface area contributed by atoms with E-state index in [0.717, 1.165) is 0 Å². The molecule has 10 nitrogen and oxygen atoms in total. The molecule has 1 aliphatic heterocycles. The molecule has 2 aliphatic rings. The maximum Gasteiger partial charge on any atom is 0.408 e. The van der Waals surface area contributed by atoms with Gasteiger partial charge in [0.2, 0.25) is 17.6 Å². The third kappa shape index (κ3) is 7.70. The number of piperidine rings is 1. The van der Waals surface area contributed by atoms with Crippen LogP contribution in [0, 0.1) is 22.7 Å². The minimum absolute atomic E-state index is 0.0950. The molecule has 0 aromatic carbocycles. The predicted octanol–water partition coefficient (Wildman–Crippen LogP) is 2.73. The van der Waals surface area contributed by atoms with Crippen LogP contribution < -0.4 is 16.0 Å². The summed E-state index contributed by atoms with van der Waals surface area (Å²) in [7, 11) is 0. The summed E-state index contributed by atoms with van der Waals surface area (Å²) >= 11 is 0. The van der Waals surface area contributed by atoms with E-state index in [1.165, 1.54) is 11.0 Å². The fourth-order valence-corrected chi connectivity index (χ4v) is 5.27. The molecule has 2 fully saturated rings. The highest BCUT2D eigenvalue weighted by molar-refractivity contribution is 6.38. The number of fused-ring (bicyclic) bond motifs is 1. The number of ether oxygens (including phenoxy) is 1. The van der Waals surface area contributed by atoms with E-state index < -0.39 is 58.7 Å². The van der Waals surface area contributed by atoms with Crippen LogP contribution in [0.15, 0.2) is 25.3 Å². The minimum Gasteiger partial charge on any atom is -0.444 e. The summed E-state index contributed by atoms with van der Waals surface area (Å²) in [6.07, 6.45) is 2.94. The van der Waals surface area contributed by atoms with Gasteiger partial charge < -0.3 is 25.6 Å². The first-order valence-corrected chi connectivity index (χ1v) is 13.5. The minimum atomic E-state index is -1.07. The Balaban J connectivity index is 2.32. The highest BCUT2D eigenvalue weighted by Crippen LogP contribution is 2.65. The lowest BCUT2D eigenvalue weighted by molar-refractivity contribution is -0.145. The van der Waals surface area contributed by atoms with Gasteiger partial charge in [0.15, 0.2) is 0 Å². The molecular formula is C29H46N4O6. The van der Waals surface area contributed by atoms with Crippen molar-refractivity contribution >= 4 is 29.6 Å². The van der Waals surface area contributed by atoms with E-state index >= 15 is 0 Å². The van der Waals surface area contributed by atoms with Crippen molar-refractivity contribution in [2.24, 2.45) is 22.7 Å². The average Bonchev–Trinajstić information content (AvgIpc) is 3.14. The van der Waals surface area contributed by atoms with Gasteiger partial charge in [0.1, 0.15) is 17.7 Å². The first-order valence-electron chi connectivity index (χ1n) is 13.5. The summed E-state index contributed by atoms with van der Waals surface area (Å²) < 4.78 is 5.39. The van der Waals surface area contributed by atoms with Crippen LogP contribution in [0.5, 0.6) is 0 Å². The van der Waals surface area contributed by atoms with Crippen molar-refractivity contribution in [3.8, 4) is 0 Å². The van der Waals surface area contributed by atoms with Gasteiger partial charge in [-0.1, -0.05) is 46.8 Å². The molecule has 1 heterocycles. The third-order valence-electron chi connectivity index (χ3n) is 7.46. The zero-order chi connectivity index (χ0) is 29.9. The van der Waals surface area contributed by atoms with Crippen molar-refractivity contribution in [1.82, 2.24) is 20.9 Å². The largest absolute Gasteiger partial charge is 0.444 e. The summed E-state index contributed by atoms with van der Waals surface area (Å²) in [5, 5.41) is 7.92. The highest BCUT2D eigenvalue weighted by Gasteiger charge is 2.69. The summed E-state index contributed by atoms with van der Waals surface area (Å²) in [6, 6.07) is -2.87. The molecule has 2 rings (SSSR count). The number of amides is 4. The van der Waals surface area contributed by atoms with Gasteiger partial charge >= 0.3 is 6.09 Å². The van der Waals surface area contributed by atoms with Crippen molar-refractivity contribution in [2.75, 3.05) is 13.1 Å². The van der Waals surface area contributed by atoms with Crippen LogP contribution in [0.3, 0.4) is 0 Å². The van der Waals surface area contributed by atoms with E-state index in [1.54, 1.807) is 26.8 Å². The molecular weight excluding hydrogens is 500 g/mol. The van der Waals surface area contributed by atoms with E-state index in [1.807, 2.05) is 34.6 Å². The van der Waals surface area contributed by atoms with E-state index in [4.69, 9.17) is 4.74 Å². The number of allylic oxidation sites excluding steroid dienone is 1. The van der Waals surface area contributed by atoms with E-state index in [2.05, 4.69) is 29.1 Å². The van der Waals surface area contributed by atoms with Crippen molar-refractivity contribution in [3.05, 3.63) is 25.3 Å². The number of Topliss-reactive ketones (excluding diaryl/α,β-unsaturated/α-hetero) is 1. The maximum absolute atomic E-state index is 13.9. The predicted molar refractivity (Wildman–Crippen MR) is 148 cm³/mol. The number of rotatable bonds is 11. The molecule has 1 saturated heterocycles. The molecule has 4 amide bonds. The number of alkyl carbamates (subject to hydrolysis) is 1. The number of nitrogens with zero attached hydrogens (tertiary/aromatic N) is 1. The van der Waals surface area contributed by atoms with Gasteiger partial charge in [-0.25, -0.2) is 4.79 Å². The van der Waals surface area contributed by atoms with Crippen LogP contribution in [-0.4, -0.2) is 71.3 Å². The number of carbonyl (C=O) groups is 5. The van der Waals surface area contributed by atoms with Crippen molar-refractivity contribution in [1.29, 1.82) is 0 Å². The molecule has 0 aromatic heterocycles. The lowest BCUT2D eigenvalue weighted by Gasteiger charge is -2.38. The Morgan fingerprint density at radius 2 is 1.64 bits per heavy atom. The fraction of sp³-hybridized carbons (Fsp3) is 0.690. The molecule has 218 valence electrons. The zero-order valence-corrected chi connectivity index (χ0v) is 24.7. The SMILES string of the molecule is C=CCCC(NC(=O)[C@@H]1[C@@H]2[C@H](CN1C(=O)[C@@H](NC(=O)OC(C)(C)C)C(C)(C)C)C2(C)C)C(=O)C(=O)NCC=C. The standard InChI is InChI=1S/C29H46N4O6/c1-11-13-14-18(21(34)24(36)30-15-12-2)31-23(35)20-19-17(29(19,9)10)16-33(20)25(37)22(27(3,4)5)32-26(38)39-28(6,7)8/h11-12,17-20,22H,1-2,13-16H2,3-10H3,(H,30,36)(H,31,35)(H,32,38)/t17-,18?,19-,20-,22+/m0/s1. The van der Waals surface area contributed by atoms with Crippen LogP contribution in [0.2, 0.25) is 0 Å². The quantitative estimate of drug-likeness (QED) is 0.270. The molecule has 1 unspecified atom stereocenters. The molecule has 39 heavy (non-hydrogen) atoms. The molecule has 0 aromatic rings. The summed E-state index contributed by atoms with van der Waals surface area (Å²) in [5.74, 6) is -2.50. The first kappa shape index (κ1) is 32.0. The van der Waals surface area contributed by atoms with Gasteiger partial charge in [0.05, 0.1) is 6.04 Å². The normalized spacial score (nSPS) is 23.0. The lowest BCUT2D eigenvalue weighted by atomic mass is 9.85. The molecule has 0 spiro atoms. The maximum atomic E-state index is 13.9. The lowest BCUT2D eigenvalue weighted by Crippen LogP contribution is -2.60. The summed E-state index contributed by atoms with van der Waals surface area (Å²) in [5.41, 5.74) is -1.60. The first-order chi connectivity index (χ1) is 17.9. The van der Waals surface area contributed by atoms with Gasteiger partial charge in [0, 0.05) is 13.1 Å². The van der Waals surface area contributed by atoms with Gasteiger partial charge in [-0.2, -0.15) is 0 Å². The molecule has 0 radical (unpaired) electrons. The van der Waals surface area contributed by atoms with E-state index in [-0.39, 0.29) is 30.2 Å². The number of nitrogens with one attached hydrogen (secondary N) is 3. The van der Waals surface area contributed by atoms with Crippen LogP contribution in [-0.2, 0) is 23.9 Å². The second-order valence-electron chi connectivity index (χ2n) is 13.1. The third-order valence-corrected chi connectivity index (χ3v) is 7.46. The van der Waals surface area contributed by atoms with Crippen LogP contribution in [0.1, 0.15) is 68.2 Å². The monoisotopic (exact) mass is 546 g/mol. The van der Waals surface area contributed by atoms with Crippen LogP contribution in [0.4, 0.5) is 4.79 Å². The molecule has 1 saturated carbocycles. The smallest absolute Gasteiger partial charge is 0.408 e. The second kappa shape index (κ2) is 11.9. The number of likely N-dealkylation sites (tertiary alicyclic amines) is 1. The van der Waals surface area contributed by atoms with Crippen molar-refractivity contribution < 1.29 is 28.7 Å². The number of hydrogen-bond donors (Lipinski definition) is 3. The van der Waals surface area contributed by atoms with Crippen molar-refractivity contribution in [2.45, 2.75) is 92.0 Å². The Bertz CT molecular complexity index is 1010. The molecule has 5 atom stereocenters. The summed E-state index contributed by atoms with van der Waals surface area (Å²) in [4.78, 5) is 67.0.